The quantitative estimate of drug-likeness (QED) is 0.613. The van der Waals surface area contributed by atoms with E-state index in [2.05, 4.69) is 11.7 Å². The van der Waals surface area contributed by atoms with E-state index in [0.717, 1.165) is 12.8 Å². The van der Waals surface area contributed by atoms with Crippen molar-refractivity contribution in [1.29, 1.82) is 0 Å². The first-order chi connectivity index (χ1) is 5.12. The van der Waals surface area contributed by atoms with Gasteiger partial charge in [0, 0.05) is 5.54 Å². The van der Waals surface area contributed by atoms with Crippen LogP contribution in [-0.2, 0) is 9.53 Å². The molecule has 0 spiro atoms. The van der Waals surface area contributed by atoms with Gasteiger partial charge in [0.05, 0.1) is 13.5 Å². The molecule has 0 aromatic carbocycles. The number of hydrogen-bond acceptors (Lipinski definition) is 3. The van der Waals surface area contributed by atoms with E-state index in [4.69, 9.17) is 5.73 Å². The minimum Gasteiger partial charge on any atom is -0.469 e. The predicted molar refractivity (Wildman–Crippen MR) is 41.9 cm³/mol. The van der Waals surface area contributed by atoms with Gasteiger partial charge in [0.1, 0.15) is 0 Å². The Balaban J connectivity index is 2.33. The molecule has 3 heteroatoms. The Labute approximate surface area is 66.9 Å². The number of carbonyl (C=O) groups is 1. The molecule has 0 radical (unpaired) electrons. The maximum Gasteiger partial charge on any atom is 0.307 e. The molecule has 0 saturated heterocycles. The average molecular weight is 157 g/mol. The van der Waals surface area contributed by atoms with Gasteiger partial charge in [0.2, 0.25) is 0 Å². The van der Waals surface area contributed by atoms with Crippen LogP contribution in [0.5, 0.6) is 0 Å². The summed E-state index contributed by atoms with van der Waals surface area (Å²) in [7, 11) is 1.40. The summed E-state index contributed by atoms with van der Waals surface area (Å²) in [6.45, 7) is 2.09. The van der Waals surface area contributed by atoms with Crippen molar-refractivity contribution in [3.05, 3.63) is 0 Å². The summed E-state index contributed by atoms with van der Waals surface area (Å²) in [6, 6.07) is 0. The molecule has 0 heterocycles. The number of methoxy groups -OCH3 is 1. The Morgan fingerprint density at radius 3 is 2.82 bits per heavy atom. The predicted octanol–water partition coefficient (Wildman–Crippen LogP) is 0.677. The molecule has 0 aromatic rings. The summed E-state index contributed by atoms with van der Waals surface area (Å²) < 4.78 is 4.54. The number of hydrogen-bond donors (Lipinski definition) is 1. The van der Waals surface area contributed by atoms with Gasteiger partial charge < -0.3 is 10.5 Å². The summed E-state index contributed by atoms with van der Waals surface area (Å²) >= 11 is 0. The van der Waals surface area contributed by atoms with E-state index in [-0.39, 0.29) is 11.5 Å². The number of rotatable bonds is 3. The molecule has 2 unspecified atom stereocenters. The molecule has 3 nitrogen and oxygen atoms in total. The van der Waals surface area contributed by atoms with E-state index in [9.17, 15) is 4.79 Å². The summed E-state index contributed by atoms with van der Waals surface area (Å²) in [4.78, 5) is 10.8. The topological polar surface area (TPSA) is 52.3 Å². The van der Waals surface area contributed by atoms with Crippen LogP contribution < -0.4 is 5.73 Å². The van der Waals surface area contributed by atoms with Crippen molar-refractivity contribution < 1.29 is 9.53 Å². The Morgan fingerprint density at radius 2 is 2.45 bits per heavy atom. The van der Waals surface area contributed by atoms with Crippen LogP contribution in [0.4, 0.5) is 0 Å². The van der Waals surface area contributed by atoms with Crippen LogP contribution in [0.2, 0.25) is 0 Å². The first kappa shape index (κ1) is 8.53. The van der Waals surface area contributed by atoms with Gasteiger partial charge in [-0.25, -0.2) is 0 Å². The average Bonchev–Trinajstić information content (AvgIpc) is 2.61. The molecule has 0 aromatic heterocycles. The molecule has 2 atom stereocenters. The van der Waals surface area contributed by atoms with Crippen molar-refractivity contribution in [3.63, 3.8) is 0 Å². The zero-order valence-electron chi connectivity index (χ0n) is 7.09. The third kappa shape index (κ3) is 1.71. The molecule has 2 N–H and O–H groups in total. The maximum absolute atomic E-state index is 10.8. The van der Waals surface area contributed by atoms with Crippen LogP contribution in [0.3, 0.4) is 0 Å². The lowest BCUT2D eigenvalue weighted by Gasteiger charge is -2.07. The molecule has 1 aliphatic carbocycles. The second-order valence-corrected chi connectivity index (χ2v) is 3.30. The molecule has 1 aliphatic rings. The molecular formula is C8H15NO2. The van der Waals surface area contributed by atoms with Crippen molar-refractivity contribution in [3.8, 4) is 0 Å². The fourth-order valence-corrected chi connectivity index (χ4v) is 1.51. The third-order valence-corrected chi connectivity index (χ3v) is 2.47. The lowest BCUT2D eigenvalue weighted by molar-refractivity contribution is -0.141. The van der Waals surface area contributed by atoms with Crippen LogP contribution in [0.15, 0.2) is 0 Å². The van der Waals surface area contributed by atoms with E-state index < -0.39 is 0 Å². The summed E-state index contributed by atoms with van der Waals surface area (Å²) in [5.41, 5.74) is 5.64. The fourth-order valence-electron chi connectivity index (χ4n) is 1.51. The fraction of sp³-hybridized carbons (Fsp3) is 0.875. The summed E-state index contributed by atoms with van der Waals surface area (Å²) in [5, 5.41) is 0. The van der Waals surface area contributed by atoms with E-state index in [1.54, 1.807) is 0 Å². The highest BCUT2D eigenvalue weighted by Gasteiger charge is 2.50. The summed E-state index contributed by atoms with van der Waals surface area (Å²) in [5.74, 6) is 0.338. The van der Waals surface area contributed by atoms with Crippen molar-refractivity contribution >= 4 is 5.97 Å². The first-order valence-corrected chi connectivity index (χ1v) is 3.98. The van der Waals surface area contributed by atoms with Gasteiger partial charge in [-0.1, -0.05) is 13.3 Å². The molecule has 0 amide bonds. The van der Waals surface area contributed by atoms with Gasteiger partial charge in [-0.15, -0.1) is 0 Å². The van der Waals surface area contributed by atoms with Gasteiger partial charge in [-0.3, -0.25) is 4.79 Å². The Hall–Kier alpha value is -0.570. The SMILES string of the molecule is CCC1CC1(N)CC(=O)OC. The largest absolute Gasteiger partial charge is 0.469 e. The summed E-state index contributed by atoms with van der Waals surface area (Å²) in [6.07, 6.45) is 2.41. The minimum atomic E-state index is -0.234. The standard InChI is InChI=1S/C8H15NO2/c1-3-6-4-8(6,9)5-7(10)11-2/h6H,3-5,9H2,1-2H3. The number of esters is 1. The van der Waals surface area contributed by atoms with Crippen molar-refractivity contribution in [2.75, 3.05) is 7.11 Å². The molecule has 1 rings (SSSR count). The second kappa shape index (κ2) is 2.81. The van der Waals surface area contributed by atoms with E-state index in [1.807, 2.05) is 0 Å². The lowest BCUT2D eigenvalue weighted by Crippen LogP contribution is -2.28. The Bertz CT molecular complexity index is 169. The molecule has 0 bridgehead atoms. The van der Waals surface area contributed by atoms with Gasteiger partial charge in [-0.05, 0) is 12.3 Å². The second-order valence-electron chi connectivity index (χ2n) is 3.30. The zero-order valence-corrected chi connectivity index (χ0v) is 7.09. The highest BCUT2D eigenvalue weighted by atomic mass is 16.5. The van der Waals surface area contributed by atoms with E-state index in [1.165, 1.54) is 7.11 Å². The Morgan fingerprint density at radius 1 is 1.82 bits per heavy atom. The lowest BCUT2D eigenvalue weighted by atomic mass is 10.1. The van der Waals surface area contributed by atoms with Gasteiger partial charge >= 0.3 is 5.97 Å². The molecule has 11 heavy (non-hydrogen) atoms. The first-order valence-electron chi connectivity index (χ1n) is 3.98. The van der Waals surface area contributed by atoms with E-state index in [0.29, 0.717) is 12.3 Å². The minimum absolute atomic E-state index is 0.191. The molecule has 64 valence electrons. The van der Waals surface area contributed by atoms with Gasteiger partial charge in [0.25, 0.3) is 0 Å². The van der Waals surface area contributed by atoms with Crippen LogP contribution >= 0.6 is 0 Å². The smallest absolute Gasteiger partial charge is 0.307 e. The van der Waals surface area contributed by atoms with Gasteiger partial charge in [0.15, 0.2) is 0 Å². The number of carbonyl (C=O) groups excluding carboxylic acids is 1. The number of ether oxygens (including phenoxy) is 1. The van der Waals surface area contributed by atoms with Gasteiger partial charge in [-0.2, -0.15) is 0 Å². The molecular weight excluding hydrogens is 142 g/mol. The van der Waals surface area contributed by atoms with Crippen LogP contribution in [0, 0.1) is 5.92 Å². The Kier molecular flexibility index (Phi) is 2.18. The third-order valence-electron chi connectivity index (χ3n) is 2.47. The van der Waals surface area contributed by atoms with Crippen molar-refractivity contribution in [1.82, 2.24) is 0 Å². The zero-order chi connectivity index (χ0) is 8.48. The molecule has 1 saturated carbocycles. The van der Waals surface area contributed by atoms with Crippen molar-refractivity contribution in [2.45, 2.75) is 31.7 Å². The normalized spacial score (nSPS) is 35.0. The highest BCUT2D eigenvalue weighted by molar-refractivity contribution is 5.71. The monoisotopic (exact) mass is 157 g/mol. The highest BCUT2D eigenvalue weighted by Crippen LogP contribution is 2.45. The maximum atomic E-state index is 10.8. The van der Waals surface area contributed by atoms with Crippen LogP contribution in [0.1, 0.15) is 26.2 Å². The van der Waals surface area contributed by atoms with Crippen molar-refractivity contribution in [2.24, 2.45) is 11.7 Å². The number of nitrogens with two attached hydrogens (primary N) is 1. The van der Waals surface area contributed by atoms with Crippen LogP contribution in [-0.4, -0.2) is 18.6 Å². The molecule has 1 fully saturated rings. The van der Waals surface area contributed by atoms with E-state index >= 15 is 0 Å². The van der Waals surface area contributed by atoms with Crippen LogP contribution in [0.25, 0.3) is 0 Å². The molecule has 0 aliphatic heterocycles.